The molecule has 13 heteroatoms. The summed E-state index contributed by atoms with van der Waals surface area (Å²) < 4.78 is 49.5. The molecule has 0 aromatic heterocycles. The first-order valence-electron chi connectivity index (χ1n) is 20.1. The minimum Gasteiger partial charge on any atom is -0.378 e. The Morgan fingerprint density at radius 3 is 2.17 bits per heavy atom. The minimum atomic E-state index is -2.67. The Morgan fingerprint density at radius 1 is 0.907 bits per heavy atom. The zero-order chi connectivity index (χ0) is 38.3. The molecule has 11 nitrogen and oxygen atoms in total. The Bertz CT molecular complexity index is 1360. The first kappa shape index (κ1) is 42.2. The van der Waals surface area contributed by atoms with Crippen molar-refractivity contribution in [3.05, 3.63) is 35.9 Å². The normalized spacial score (nSPS) is 23.9. The zero-order valence-electron chi connectivity index (χ0n) is 32.1. The fourth-order valence-electron chi connectivity index (χ4n) is 8.79. The number of nitrogens with zero attached hydrogens (tertiary/aromatic N) is 3. The molecule has 3 heterocycles. The number of amidine groups is 2. The molecule has 54 heavy (non-hydrogen) atoms. The topological polar surface area (TPSA) is 123 Å². The lowest BCUT2D eigenvalue weighted by molar-refractivity contribution is -0.130. The number of piperidine rings is 1. The second-order valence-electron chi connectivity index (χ2n) is 15.3. The molecule has 3 aliphatic heterocycles. The van der Waals surface area contributed by atoms with Crippen molar-refractivity contribution in [3.8, 4) is 12.3 Å². The summed E-state index contributed by atoms with van der Waals surface area (Å²) in [6, 6.07) is 10.5. The molecule has 1 aliphatic carbocycles. The smallest absolute Gasteiger partial charge is 0.248 e. The zero-order valence-corrected chi connectivity index (χ0v) is 32.1. The first-order valence-corrected chi connectivity index (χ1v) is 20.1. The van der Waals surface area contributed by atoms with Crippen molar-refractivity contribution in [2.75, 3.05) is 79.0 Å². The predicted molar refractivity (Wildman–Crippen MR) is 205 cm³/mol. The number of fused-ring (bicyclic) bond motifs is 2. The van der Waals surface area contributed by atoms with Gasteiger partial charge in [-0.2, -0.15) is 0 Å². The number of nitrogens with one attached hydrogen (secondary N) is 3. The summed E-state index contributed by atoms with van der Waals surface area (Å²) in [5.41, 5.74) is 1.03. The van der Waals surface area contributed by atoms with Crippen LogP contribution in [0.5, 0.6) is 0 Å². The third-order valence-corrected chi connectivity index (χ3v) is 11.7. The maximum atomic E-state index is 13.8. The van der Waals surface area contributed by atoms with Crippen LogP contribution in [0, 0.1) is 35.0 Å². The van der Waals surface area contributed by atoms with Crippen molar-refractivity contribution < 1.29 is 32.5 Å². The van der Waals surface area contributed by atoms with Gasteiger partial charge < -0.3 is 34.1 Å². The summed E-state index contributed by atoms with van der Waals surface area (Å²) >= 11 is 0. The van der Waals surface area contributed by atoms with Gasteiger partial charge >= 0.3 is 0 Å². The van der Waals surface area contributed by atoms with Gasteiger partial charge in [0.1, 0.15) is 12.4 Å². The van der Waals surface area contributed by atoms with Crippen LogP contribution < -0.4 is 5.32 Å². The van der Waals surface area contributed by atoms with Gasteiger partial charge in [-0.05, 0) is 76.9 Å². The maximum Gasteiger partial charge on any atom is 0.248 e. The van der Waals surface area contributed by atoms with Gasteiger partial charge in [0, 0.05) is 49.9 Å². The molecule has 1 saturated carbocycles. The van der Waals surface area contributed by atoms with Crippen LogP contribution in [0.3, 0.4) is 0 Å². The molecule has 0 radical (unpaired) electrons. The quantitative estimate of drug-likeness (QED) is 0.0665. The van der Waals surface area contributed by atoms with Crippen LogP contribution in [0.25, 0.3) is 0 Å². The van der Waals surface area contributed by atoms with E-state index in [1.165, 1.54) is 0 Å². The Hall–Kier alpha value is -2.99. The summed E-state index contributed by atoms with van der Waals surface area (Å²) in [4.78, 5) is 20.3. The van der Waals surface area contributed by atoms with Crippen LogP contribution in [-0.4, -0.2) is 135 Å². The third-order valence-electron chi connectivity index (χ3n) is 11.7. The van der Waals surface area contributed by atoms with Gasteiger partial charge in [0.2, 0.25) is 11.8 Å². The van der Waals surface area contributed by atoms with Gasteiger partial charge in [-0.1, -0.05) is 36.3 Å². The van der Waals surface area contributed by atoms with E-state index in [0.29, 0.717) is 77.0 Å². The summed E-state index contributed by atoms with van der Waals surface area (Å²) in [6.07, 6.45) is 10.7. The van der Waals surface area contributed by atoms with Crippen LogP contribution >= 0.6 is 0 Å². The van der Waals surface area contributed by atoms with E-state index in [9.17, 15) is 19.0 Å². The molecule has 2 bridgehead atoms. The van der Waals surface area contributed by atoms with E-state index >= 15 is 0 Å². The van der Waals surface area contributed by atoms with Gasteiger partial charge in [0.15, 0.2) is 0 Å². The Balaban J connectivity index is 1.03. The van der Waals surface area contributed by atoms with E-state index in [4.69, 9.17) is 30.8 Å². The van der Waals surface area contributed by atoms with Crippen molar-refractivity contribution in [3.63, 3.8) is 0 Å². The summed E-state index contributed by atoms with van der Waals surface area (Å²) in [7, 11) is 0. The fourth-order valence-corrected chi connectivity index (χ4v) is 8.79. The Kier molecular flexibility index (Phi) is 16.7. The number of likely N-dealkylation sites (tertiary alicyclic amines) is 1. The molecule has 4 fully saturated rings. The number of rotatable bonds is 21. The lowest BCUT2D eigenvalue weighted by Crippen LogP contribution is -2.52. The number of terminal acetylenes is 1. The second kappa shape index (κ2) is 21.3. The largest absolute Gasteiger partial charge is 0.378 e. The first-order chi connectivity index (χ1) is 26.2. The van der Waals surface area contributed by atoms with E-state index in [2.05, 4.69) is 21.0 Å². The van der Waals surface area contributed by atoms with E-state index in [-0.39, 0.29) is 61.6 Å². The van der Waals surface area contributed by atoms with Crippen molar-refractivity contribution in [2.45, 2.75) is 101 Å². The molecule has 0 spiro atoms. The number of hydrogen-bond acceptors (Lipinski definition) is 9. The van der Waals surface area contributed by atoms with E-state index in [1.54, 1.807) is 0 Å². The monoisotopic (exact) mass is 756 g/mol. The van der Waals surface area contributed by atoms with E-state index in [1.807, 2.05) is 42.2 Å². The number of alkyl halides is 2. The van der Waals surface area contributed by atoms with E-state index < -0.39 is 5.92 Å². The summed E-state index contributed by atoms with van der Waals surface area (Å²) in [5, 5.41) is 21.3. The summed E-state index contributed by atoms with van der Waals surface area (Å²) in [6.45, 7) is 9.22. The van der Waals surface area contributed by atoms with Gasteiger partial charge in [0.05, 0.1) is 64.2 Å². The van der Waals surface area contributed by atoms with Crippen LogP contribution in [0.4, 0.5) is 8.78 Å². The molecular weight excluding hydrogens is 694 g/mol. The number of halogens is 2. The predicted octanol–water partition coefficient (Wildman–Crippen LogP) is 5.35. The number of ether oxygens (including phenoxy) is 4. The molecule has 3 saturated heterocycles. The van der Waals surface area contributed by atoms with Crippen molar-refractivity contribution >= 4 is 17.6 Å². The summed E-state index contributed by atoms with van der Waals surface area (Å²) in [5.74, 6) is 0.375. The third kappa shape index (κ3) is 12.3. The molecule has 1 amide bonds. The van der Waals surface area contributed by atoms with Crippen molar-refractivity contribution in [2.24, 2.45) is 11.8 Å². The maximum absolute atomic E-state index is 13.8. The van der Waals surface area contributed by atoms with Crippen LogP contribution in [0.15, 0.2) is 30.3 Å². The number of carbonyl (C=O) groups excluding carboxylic acids is 1. The average molecular weight is 757 g/mol. The van der Waals surface area contributed by atoms with Crippen LogP contribution in [0.2, 0.25) is 0 Å². The van der Waals surface area contributed by atoms with Gasteiger partial charge in [-0.15, -0.1) is 6.42 Å². The molecular formula is C41H62F2N6O5. The fraction of sp³-hybridized carbons (Fsp3) is 0.732. The van der Waals surface area contributed by atoms with E-state index in [0.717, 1.165) is 63.8 Å². The molecule has 3 N–H and O–H groups in total. The molecule has 4 atom stereocenters. The number of carbonyl (C=O) groups is 1. The lowest BCUT2D eigenvalue weighted by Gasteiger charge is -2.40. The van der Waals surface area contributed by atoms with Crippen molar-refractivity contribution in [1.29, 1.82) is 10.8 Å². The highest BCUT2D eigenvalue weighted by molar-refractivity contribution is 5.98. The van der Waals surface area contributed by atoms with Gasteiger partial charge in [-0.25, -0.2) is 8.78 Å². The minimum absolute atomic E-state index is 0.0931. The number of benzene rings is 1. The second-order valence-corrected chi connectivity index (χ2v) is 15.3. The molecule has 3 unspecified atom stereocenters. The molecule has 1 aromatic rings. The van der Waals surface area contributed by atoms with Gasteiger partial charge in [0.25, 0.3) is 0 Å². The molecule has 5 rings (SSSR count). The lowest BCUT2D eigenvalue weighted by atomic mass is 9.86. The van der Waals surface area contributed by atoms with Crippen molar-refractivity contribution in [1.82, 2.24) is 20.0 Å². The molecule has 1 aromatic carbocycles. The Morgan fingerprint density at radius 2 is 1.54 bits per heavy atom. The average Bonchev–Trinajstić information content (AvgIpc) is 3.72. The number of amides is 1. The number of hydrogen-bond donors (Lipinski definition) is 3. The Labute approximate surface area is 320 Å². The van der Waals surface area contributed by atoms with Crippen LogP contribution in [0.1, 0.15) is 82.7 Å². The highest BCUT2D eigenvalue weighted by atomic mass is 19.3. The standard InChI is InChI=1S/C41H62F2N6O5/c1-3-22-51-24-26-53-28-29-54-27-25-52-23-21-47-18-13-33(14-19-47)39(45)49(31(2)44)38-30-35-9-10-37(38)48(35)20-15-36(32-7-5-4-6-8-32)46-40(50)34-11-16-41(42,43)17-12-34/h1,4-8,33-38,44-45H,9-30H2,2H3,(H,46,50)/t35?,36-,37?,38?/m0/s1. The van der Waals surface area contributed by atoms with Crippen LogP contribution in [-0.2, 0) is 23.7 Å². The van der Waals surface area contributed by atoms with Gasteiger partial charge in [-0.3, -0.25) is 20.5 Å². The SMILES string of the molecule is C#CCOCCOCCOCCOCCN1CCC(C(=N)N(C(C)=N)C2CC3CCC2N3CC[C@H](NC(=O)C2CCC(F)(F)CC2)c2ccccc2)CC1. The molecule has 4 aliphatic rings. The highest BCUT2D eigenvalue weighted by Gasteiger charge is 2.50. The molecule has 300 valence electrons. The highest BCUT2D eigenvalue weighted by Crippen LogP contribution is 2.42.